The quantitative estimate of drug-likeness (QED) is 0.785. The second-order valence-electron chi connectivity index (χ2n) is 5.36. The van der Waals surface area contributed by atoms with Gasteiger partial charge in [-0.2, -0.15) is 13.2 Å². The van der Waals surface area contributed by atoms with E-state index in [2.05, 4.69) is 5.32 Å². The molecular formula is C17H17F3N2O4. The average molecular weight is 370 g/mol. The van der Waals surface area contributed by atoms with Crippen molar-refractivity contribution in [2.45, 2.75) is 25.2 Å². The maximum absolute atomic E-state index is 12.6. The van der Waals surface area contributed by atoms with Gasteiger partial charge in [0.1, 0.15) is 11.5 Å². The zero-order chi connectivity index (χ0) is 19.2. The molecule has 1 heterocycles. The standard InChI is InChI=1S/C17H17F3N2O4/c1-25-12-6-4-11(5-7-12)14(22-16(24)17(18,19)20)9-15(23)21-10-13-3-2-8-26-13/h2-8,14H,9-10H2,1H3,(H,21,23)(H,22,24)/t14-/m1/s1. The zero-order valence-electron chi connectivity index (χ0n) is 13.8. The minimum absolute atomic E-state index is 0.0916. The lowest BCUT2D eigenvalue weighted by molar-refractivity contribution is -0.174. The molecule has 0 aliphatic carbocycles. The Labute approximate surface area is 147 Å². The van der Waals surface area contributed by atoms with E-state index in [0.29, 0.717) is 17.1 Å². The third-order valence-electron chi connectivity index (χ3n) is 3.51. The summed E-state index contributed by atoms with van der Waals surface area (Å²) in [5, 5.41) is 4.38. The number of alkyl halides is 3. The Morgan fingerprint density at radius 1 is 1.19 bits per heavy atom. The van der Waals surface area contributed by atoms with Gasteiger partial charge in [-0.1, -0.05) is 12.1 Å². The van der Waals surface area contributed by atoms with E-state index in [4.69, 9.17) is 9.15 Å². The lowest BCUT2D eigenvalue weighted by atomic mass is 10.0. The summed E-state index contributed by atoms with van der Waals surface area (Å²) in [5.74, 6) is -1.66. The summed E-state index contributed by atoms with van der Waals surface area (Å²) in [4.78, 5) is 23.4. The molecule has 9 heteroatoms. The number of hydrogen-bond donors (Lipinski definition) is 2. The SMILES string of the molecule is COc1ccc([C@@H](CC(=O)NCc2ccco2)NC(=O)C(F)(F)F)cc1. The molecule has 0 aliphatic heterocycles. The van der Waals surface area contributed by atoms with Crippen LogP contribution in [-0.4, -0.2) is 25.1 Å². The van der Waals surface area contributed by atoms with Gasteiger partial charge in [0.15, 0.2) is 0 Å². The normalized spacial score (nSPS) is 12.3. The van der Waals surface area contributed by atoms with Crippen LogP contribution in [0.4, 0.5) is 13.2 Å². The lowest BCUT2D eigenvalue weighted by Gasteiger charge is -2.20. The van der Waals surface area contributed by atoms with Crippen molar-refractivity contribution < 1.29 is 31.9 Å². The molecule has 0 radical (unpaired) electrons. The molecule has 2 amide bonds. The maximum Gasteiger partial charge on any atom is 0.471 e. The van der Waals surface area contributed by atoms with Gasteiger partial charge in [0.25, 0.3) is 0 Å². The van der Waals surface area contributed by atoms with E-state index in [-0.39, 0.29) is 13.0 Å². The van der Waals surface area contributed by atoms with Gasteiger partial charge in [-0.3, -0.25) is 9.59 Å². The monoisotopic (exact) mass is 370 g/mol. The predicted molar refractivity (Wildman–Crippen MR) is 85.1 cm³/mol. The van der Waals surface area contributed by atoms with Crippen molar-refractivity contribution in [3.05, 3.63) is 54.0 Å². The molecule has 0 saturated heterocycles. The van der Waals surface area contributed by atoms with E-state index in [0.717, 1.165) is 0 Å². The fourth-order valence-corrected chi connectivity index (χ4v) is 2.18. The van der Waals surface area contributed by atoms with Crippen LogP contribution in [0.15, 0.2) is 47.1 Å². The fraction of sp³-hybridized carbons (Fsp3) is 0.294. The molecule has 6 nitrogen and oxygen atoms in total. The minimum Gasteiger partial charge on any atom is -0.497 e. The van der Waals surface area contributed by atoms with Crippen LogP contribution in [-0.2, 0) is 16.1 Å². The van der Waals surface area contributed by atoms with Crippen LogP contribution in [0.25, 0.3) is 0 Å². The molecule has 2 aromatic rings. The van der Waals surface area contributed by atoms with E-state index in [9.17, 15) is 22.8 Å². The number of halogens is 3. The molecule has 1 atom stereocenters. The summed E-state index contributed by atoms with van der Waals surface area (Å²) in [6, 6.07) is 8.18. The summed E-state index contributed by atoms with van der Waals surface area (Å²) in [6.07, 6.45) is -3.98. The Morgan fingerprint density at radius 3 is 2.42 bits per heavy atom. The maximum atomic E-state index is 12.6. The third kappa shape index (κ3) is 5.54. The first kappa shape index (κ1) is 19.4. The first-order valence-corrected chi connectivity index (χ1v) is 7.60. The summed E-state index contributed by atoms with van der Waals surface area (Å²) in [5.41, 5.74) is 0.344. The third-order valence-corrected chi connectivity index (χ3v) is 3.51. The molecule has 140 valence electrons. The predicted octanol–water partition coefficient (Wildman–Crippen LogP) is 2.71. The molecule has 0 aliphatic rings. The van der Waals surface area contributed by atoms with Gasteiger partial charge in [0, 0.05) is 0 Å². The molecule has 0 unspecified atom stereocenters. The van der Waals surface area contributed by atoms with Gasteiger partial charge >= 0.3 is 12.1 Å². The number of furan rings is 1. The van der Waals surface area contributed by atoms with Crippen molar-refractivity contribution in [1.29, 1.82) is 0 Å². The van der Waals surface area contributed by atoms with Crippen molar-refractivity contribution in [1.82, 2.24) is 10.6 Å². The number of rotatable bonds is 7. The average Bonchev–Trinajstić information content (AvgIpc) is 3.12. The van der Waals surface area contributed by atoms with Crippen LogP contribution in [0.3, 0.4) is 0 Å². The molecule has 0 saturated carbocycles. The topological polar surface area (TPSA) is 80.6 Å². The van der Waals surface area contributed by atoms with E-state index < -0.39 is 24.0 Å². The van der Waals surface area contributed by atoms with Gasteiger partial charge in [-0.15, -0.1) is 0 Å². The van der Waals surface area contributed by atoms with Crippen molar-refractivity contribution in [3.63, 3.8) is 0 Å². The van der Waals surface area contributed by atoms with Gasteiger partial charge in [-0.05, 0) is 29.8 Å². The summed E-state index contributed by atoms with van der Waals surface area (Å²) < 4.78 is 47.8. The largest absolute Gasteiger partial charge is 0.497 e. The highest BCUT2D eigenvalue weighted by molar-refractivity contribution is 5.83. The van der Waals surface area contributed by atoms with E-state index in [1.807, 2.05) is 5.32 Å². The molecular weight excluding hydrogens is 353 g/mol. The fourth-order valence-electron chi connectivity index (χ4n) is 2.18. The number of carbonyl (C=O) groups is 2. The number of amides is 2. The van der Waals surface area contributed by atoms with Crippen molar-refractivity contribution >= 4 is 11.8 Å². The summed E-state index contributed by atoms with van der Waals surface area (Å²) in [6.45, 7) is 0.0916. The molecule has 0 bridgehead atoms. The van der Waals surface area contributed by atoms with Crippen LogP contribution >= 0.6 is 0 Å². The second kappa shape index (κ2) is 8.41. The van der Waals surface area contributed by atoms with Crippen LogP contribution < -0.4 is 15.4 Å². The molecule has 0 fully saturated rings. The summed E-state index contributed by atoms with van der Waals surface area (Å²) >= 11 is 0. The molecule has 26 heavy (non-hydrogen) atoms. The number of ether oxygens (including phenoxy) is 1. The van der Waals surface area contributed by atoms with E-state index in [1.165, 1.54) is 37.6 Å². The minimum atomic E-state index is -5.05. The number of hydrogen-bond acceptors (Lipinski definition) is 4. The zero-order valence-corrected chi connectivity index (χ0v) is 13.8. The van der Waals surface area contributed by atoms with Gasteiger partial charge in [0.2, 0.25) is 5.91 Å². The highest BCUT2D eigenvalue weighted by Crippen LogP contribution is 2.23. The van der Waals surface area contributed by atoms with Gasteiger partial charge in [0.05, 0.1) is 32.4 Å². The Balaban J connectivity index is 2.08. The number of nitrogens with one attached hydrogen (secondary N) is 2. The Bertz CT molecular complexity index is 727. The highest BCUT2D eigenvalue weighted by Gasteiger charge is 2.40. The molecule has 2 rings (SSSR count). The van der Waals surface area contributed by atoms with E-state index >= 15 is 0 Å². The van der Waals surface area contributed by atoms with Crippen molar-refractivity contribution in [3.8, 4) is 5.75 Å². The van der Waals surface area contributed by atoms with Crippen LogP contribution in [0.1, 0.15) is 23.8 Å². The van der Waals surface area contributed by atoms with Gasteiger partial charge in [-0.25, -0.2) is 0 Å². The molecule has 2 N–H and O–H groups in total. The highest BCUT2D eigenvalue weighted by atomic mass is 19.4. The van der Waals surface area contributed by atoms with Gasteiger partial charge < -0.3 is 19.8 Å². The molecule has 1 aromatic heterocycles. The Kier molecular flexibility index (Phi) is 6.26. The number of methoxy groups -OCH3 is 1. The summed E-state index contributed by atoms with van der Waals surface area (Å²) in [7, 11) is 1.44. The van der Waals surface area contributed by atoms with Crippen LogP contribution in [0.2, 0.25) is 0 Å². The molecule has 0 spiro atoms. The second-order valence-corrected chi connectivity index (χ2v) is 5.36. The van der Waals surface area contributed by atoms with Crippen LogP contribution in [0.5, 0.6) is 5.75 Å². The first-order chi connectivity index (χ1) is 12.3. The first-order valence-electron chi connectivity index (χ1n) is 7.60. The Hall–Kier alpha value is -2.97. The van der Waals surface area contributed by atoms with Crippen molar-refractivity contribution in [2.24, 2.45) is 0 Å². The Morgan fingerprint density at radius 2 is 1.88 bits per heavy atom. The smallest absolute Gasteiger partial charge is 0.471 e. The van der Waals surface area contributed by atoms with Crippen LogP contribution in [0, 0.1) is 0 Å². The lowest BCUT2D eigenvalue weighted by Crippen LogP contribution is -2.40. The molecule has 1 aromatic carbocycles. The number of carbonyl (C=O) groups excluding carboxylic acids is 2. The van der Waals surface area contributed by atoms with E-state index in [1.54, 1.807) is 12.1 Å². The van der Waals surface area contributed by atoms with Crippen molar-refractivity contribution in [2.75, 3.05) is 7.11 Å². The number of benzene rings is 1.